The largest absolute Gasteiger partial charge is 0.292 e. The molecule has 88 valence electrons. The highest BCUT2D eigenvalue weighted by molar-refractivity contribution is 7.99. The Morgan fingerprint density at radius 1 is 1.29 bits per heavy atom. The van der Waals surface area contributed by atoms with Gasteiger partial charge in [-0.2, -0.15) is 0 Å². The maximum absolute atomic E-state index is 11.9. The van der Waals surface area contributed by atoms with Gasteiger partial charge >= 0.3 is 0 Å². The Labute approximate surface area is 105 Å². The van der Waals surface area contributed by atoms with Gasteiger partial charge in [0.25, 0.3) is 0 Å². The van der Waals surface area contributed by atoms with Gasteiger partial charge < -0.3 is 0 Å². The van der Waals surface area contributed by atoms with Crippen LogP contribution in [0.15, 0.2) is 35.4 Å². The molecule has 0 aliphatic carbocycles. The van der Waals surface area contributed by atoms with Gasteiger partial charge in [-0.3, -0.25) is 9.78 Å². The van der Waals surface area contributed by atoms with Gasteiger partial charge in [-0.1, -0.05) is 38.1 Å². The van der Waals surface area contributed by atoms with Gasteiger partial charge in [-0.15, -0.1) is 11.8 Å². The number of benzene rings is 1. The van der Waals surface area contributed by atoms with E-state index in [1.54, 1.807) is 18.0 Å². The van der Waals surface area contributed by atoms with Gasteiger partial charge in [0.2, 0.25) is 0 Å². The topological polar surface area (TPSA) is 30.0 Å². The van der Waals surface area contributed by atoms with Crippen LogP contribution in [0.1, 0.15) is 30.8 Å². The number of nitrogens with zero attached hydrogens (tertiary/aromatic N) is 1. The molecule has 0 bridgehead atoms. The molecule has 0 aliphatic heterocycles. The maximum Gasteiger partial charge on any atom is 0.182 e. The molecule has 0 unspecified atom stereocenters. The van der Waals surface area contributed by atoms with E-state index in [-0.39, 0.29) is 5.78 Å². The van der Waals surface area contributed by atoms with Gasteiger partial charge in [0.05, 0.1) is 0 Å². The van der Waals surface area contributed by atoms with E-state index in [0.717, 1.165) is 21.4 Å². The summed E-state index contributed by atoms with van der Waals surface area (Å²) in [6.45, 7) is 3.96. The molecular formula is C14H15NOS. The Bertz CT molecular complexity index is 551. The molecule has 3 heteroatoms. The van der Waals surface area contributed by atoms with E-state index in [1.807, 2.05) is 25.1 Å². The SMILES string of the molecule is CCSc1c(C(=O)CC)ncc2ccccc12. The van der Waals surface area contributed by atoms with Crippen molar-refractivity contribution in [1.29, 1.82) is 0 Å². The summed E-state index contributed by atoms with van der Waals surface area (Å²) in [4.78, 5) is 17.2. The molecule has 0 radical (unpaired) electrons. The number of hydrogen-bond acceptors (Lipinski definition) is 3. The zero-order chi connectivity index (χ0) is 12.3. The first kappa shape index (κ1) is 12.1. The van der Waals surface area contributed by atoms with Crippen LogP contribution >= 0.6 is 11.8 Å². The first-order valence-corrected chi connectivity index (χ1v) is 6.80. The summed E-state index contributed by atoms with van der Waals surface area (Å²) in [5, 5.41) is 2.22. The normalized spacial score (nSPS) is 10.7. The molecule has 0 N–H and O–H groups in total. The third-order valence-electron chi connectivity index (χ3n) is 2.63. The van der Waals surface area contributed by atoms with Crippen molar-refractivity contribution < 1.29 is 4.79 Å². The van der Waals surface area contributed by atoms with Crippen LogP contribution in [0, 0.1) is 0 Å². The first-order valence-electron chi connectivity index (χ1n) is 5.81. The number of rotatable bonds is 4. The lowest BCUT2D eigenvalue weighted by Gasteiger charge is -2.09. The smallest absolute Gasteiger partial charge is 0.182 e. The van der Waals surface area contributed by atoms with E-state index in [2.05, 4.69) is 18.0 Å². The third kappa shape index (κ3) is 2.34. The van der Waals surface area contributed by atoms with Crippen LogP contribution in [0.2, 0.25) is 0 Å². The highest BCUT2D eigenvalue weighted by Gasteiger charge is 2.14. The fourth-order valence-corrected chi connectivity index (χ4v) is 2.73. The fourth-order valence-electron chi connectivity index (χ4n) is 1.79. The quantitative estimate of drug-likeness (QED) is 0.603. The molecule has 2 rings (SSSR count). The van der Waals surface area contributed by atoms with Gasteiger partial charge in [-0.25, -0.2) is 0 Å². The Kier molecular flexibility index (Phi) is 3.79. The minimum absolute atomic E-state index is 0.117. The molecule has 2 nitrogen and oxygen atoms in total. The van der Waals surface area contributed by atoms with Crippen molar-refractivity contribution in [2.45, 2.75) is 25.2 Å². The maximum atomic E-state index is 11.9. The summed E-state index contributed by atoms with van der Waals surface area (Å²) in [5.41, 5.74) is 0.623. The zero-order valence-electron chi connectivity index (χ0n) is 10.1. The van der Waals surface area contributed by atoms with Gasteiger partial charge in [-0.05, 0) is 11.1 Å². The molecule has 1 heterocycles. The summed E-state index contributed by atoms with van der Waals surface area (Å²) in [6.07, 6.45) is 2.29. The van der Waals surface area contributed by atoms with Crippen LogP contribution in [-0.4, -0.2) is 16.5 Å². The number of pyridine rings is 1. The van der Waals surface area contributed by atoms with Crippen molar-refractivity contribution in [3.63, 3.8) is 0 Å². The lowest BCUT2D eigenvalue weighted by Crippen LogP contribution is -2.03. The summed E-state index contributed by atoms with van der Waals surface area (Å²) < 4.78 is 0. The molecule has 17 heavy (non-hydrogen) atoms. The van der Waals surface area contributed by atoms with Crippen LogP contribution in [0.3, 0.4) is 0 Å². The molecule has 0 spiro atoms. The van der Waals surface area contributed by atoms with E-state index >= 15 is 0 Å². The number of carbonyl (C=O) groups excluding carboxylic acids is 1. The second-order valence-electron chi connectivity index (χ2n) is 3.73. The van der Waals surface area contributed by atoms with E-state index < -0.39 is 0 Å². The van der Waals surface area contributed by atoms with Crippen LogP contribution < -0.4 is 0 Å². The highest BCUT2D eigenvalue weighted by Crippen LogP contribution is 2.30. The zero-order valence-corrected chi connectivity index (χ0v) is 10.9. The molecule has 1 aromatic carbocycles. The number of hydrogen-bond donors (Lipinski definition) is 0. The molecule has 1 aromatic heterocycles. The lowest BCUT2D eigenvalue weighted by molar-refractivity contribution is 0.0980. The molecule has 0 saturated carbocycles. The van der Waals surface area contributed by atoms with E-state index in [1.165, 1.54) is 0 Å². The molecule has 0 atom stereocenters. The molecule has 0 saturated heterocycles. The Morgan fingerprint density at radius 3 is 2.76 bits per heavy atom. The average molecular weight is 245 g/mol. The van der Waals surface area contributed by atoms with E-state index in [0.29, 0.717) is 12.1 Å². The van der Waals surface area contributed by atoms with Crippen molar-refractivity contribution in [1.82, 2.24) is 4.98 Å². The third-order valence-corrected chi connectivity index (χ3v) is 3.62. The number of thioether (sulfide) groups is 1. The molecular weight excluding hydrogens is 230 g/mol. The Morgan fingerprint density at radius 2 is 2.06 bits per heavy atom. The molecule has 0 aliphatic rings. The number of aromatic nitrogens is 1. The number of fused-ring (bicyclic) bond motifs is 1. The second-order valence-corrected chi connectivity index (χ2v) is 5.01. The van der Waals surface area contributed by atoms with Crippen LogP contribution in [0.25, 0.3) is 10.8 Å². The van der Waals surface area contributed by atoms with Crippen molar-refractivity contribution >= 4 is 28.3 Å². The van der Waals surface area contributed by atoms with Gasteiger partial charge in [0.15, 0.2) is 5.78 Å². The lowest BCUT2D eigenvalue weighted by atomic mass is 10.1. The van der Waals surface area contributed by atoms with E-state index in [9.17, 15) is 4.79 Å². The Balaban J connectivity index is 2.68. The van der Waals surface area contributed by atoms with Gasteiger partial charge in [0.1, 0.15) is 5.69 Å². The molecule has 2 aromatic rings. The highest BCUT2D eigenvalue weighted by atomic mass is 32.2. The van der Waals surface area contributed by atoms with Crippen molar-refractivity contribution in [3.8, 4) is 0 Å². The minimum Gasteiger partial charge on any atom is -0.292 e. The number of Topliss-reactive ketones (excluding diaryl/α,β-unsaturated/α-hetero) is 1. The summed E-state index contributed by atoms with van der Waals surface area (Å²) in [6, 6.07) is 8.08. The predicted molar refractivity (Wildman–Crippen MR) is 72.8 cm³/mol. The second kappa shape index (κ2) is 5.32. The van der Waals surface area contributed by atoms with E-state index in [4.69, 9.17) is 0 Å². The summed E-state index contributed by atoms with van der Waals surface area (Å²) in [7, 11) is 0. The summed E-state index contributed by atoms with van der Waals surface area (Å²) >= 11 is 1.69. The average Bonchev–Trinajstić information content (AvgIpc) is 2.38. The number of ketones is 1. The standard InChI is InChI=1S/C14H15NOS/c1-3-12(16)13-14(17-4-2)11-8-6-5-7-10(11)9-15-13/h5-9H,3-4H2,1-2H3. The van der Waals surface area contributed by atoms with Crippen LogP contribution in [-0.2, 0) is 0 Å². The van der Waals surface area contributed by atoms with Crippen molar-refractivity contribution in [2.24, 2.45) is 0 Å². The molecule has 0 fully saturated rings. The summed E-state index contributed by atoms with van der Waals surface area (Å²) in [5.74, 6) is 1.06. The van der Waals surface area contributed by atoms with Crippen LogP contribution in [0.4, 0.5) is 0 Å². The van der Waals surface area contributed by atoms with Crippen molar-refractivity contribution in [3.05, 3.63) is 36.2 Å². The predicted octanol–water partition coefficient (Wildman–Crippen LogP) is 3.94. The van der Waals surface area contributed by atoms with Crippen LogP contribution in [0.5, 0.6) is 0 Å². The van der Waals surface area contributed by atoms with Crippen molar-refractivity contribution in [2.75, 3.05) is 5.75 Å². The minimum atomic E-state index is 0.117. The number of carbonyl (C=O) groups is 1. The fraction of sp³-hybridized carbons (Fsp3) is 0.286. The van der Waals surface area contributed by atoms with Gasteiger partial charge in [0, 0.05) is 22.9 Å². The first-order chi connectivity index (χ1) is 8.27. The monoisotopic (exact) mass is 245 g/mol. The Hall–Kier alpha value is -1.35. The molecule has 0 amide bonds.